The molecule has 1 unspecified atom stereocenters. The van der Waals surface area contributed by atoms with Crippen LogP contribution < -0.4 is 0 Å². The Morgan fingerprint density at radius 2 is 1.54 bits per heavy atom. The van der Waals surface area contributed by atoms with E-state index in [0.29, 0.717) is 12.0 Å². The van der Waals surface area contributed by atoms with Gasteiger partial charge in [0, 0.05) is 6.54 Å². The predicted octanol–water partition coefficient (Wildman–Crippen LogP) is 2.64. The molecule has 0 radical (unpaired) electrons. The Kier molecular flexibility index (Phi) is 11.8. The molecule has 82 valence electrons. The molecule has 0 fully saturated rings. The Hall–Kier alpha value is -0.0800. The second-order valence-corrected chi connectivity index (χ2v) is 3.62. The predicted molar refractivity (Wildman–Crippen MR) is 60.2 cm³/mol. The van der Waals surface area contributed by atoms with Crippen molar-refractivity contribution in [3.63, 3.8) is 0 Å². The zero-order valence-electron chi connectivity index (χ0n) is 10.4. The lowest BCUT2D eigenvalue weighted by molar-refractivity contribution is 0.0279. The third-order valence-corrected chi connectivity index (χ3v) is 1.86. The molecule has 0 amide bonds. The Bertz CT molecular complexity index is 92.1. The van der Waals surface area contributed by atoms with Crippen LogP contribution in [0.1, 0.15) is 34.6 Å². The number of ether oxygens (including phenoxy) is 1. The number of nitrogens with zero attached hydrogens (tertiary/aromatic N) is 1. The van der Waals surface area contributed by atoms with Gasteiger partial charge in [0.1, 0.15) is 0 Å². The van der Waals surface area contributed by atoms with Crippen LogP contribution in [0.15, 0.2) is 0 Å². The summed E-state index contributed by atoms with van der Waals surface area (Å²) in [6.07, 6.45) is 0.384. The molecule has 0 bridgehead atoms. The molecule has 0 rings (SSSR count). The average molecular weight is 189 g/mol. The zero-order chi connectivity index (χ0) is 10.9. The number of hydrogen-bond acceptors (Lipinski definition) is 2. The van der Waals surface area contributed by atoms with Crippen molar-refractivity contribution in [2.24, 2.45) is 5.92 Å². The fourth-order valence-electron chi connectivity index (χ4n) is 0.614. The Morgan fingerprint density at radius 3 is 1.85 bits per heavy atom. The summed E-state index contributed by atoms with van der Waals surface area (Å²) in [5, 5.41) is 0. The highest BCUT2D eigenvalue weighted by molar-refractivity contribution is 4.54. The van der Waals surface area contributed by atoms with Gasteiger partial charge in [-0.25, -0.2) is 0 Å². The fraction of sp³-hybridized carbons (Fsp3) is 1.00. The van der Waals surface area contributed by atoms with Gasteiger partial charge in [0.2, 0.25) is 0 Å². The van der Waals surface area contributed by atoms with Gasteiger partial charge in [0.05, 0.1) is 12.7 Å². The van der Waals surface area contributed by atoms with Crippen molar-refractivity contribution >= 4 is 0 Å². The molecule has 0 spiro atoms. The Labute approximate surface area is 84.3 Å². The van der Waals surface area contributed by atoms with Crippen LogP contribution in [0, 0.1) is 5.92 Å². The number of hydrogen-bond donors (Lipinski definition) is 0. The van der Waals surface area contributed by atoms with Gasteiger partial charge < -0.3 is 9.64 Å². The number of likely N-dealkylation sites (N-methyl/N-ethyl adjacent to an activating group) is 1. The van der Waals surface area contributed by atoms with E-state index >= 15 is 0 Å². The van der Waals surface area contributed by atoms with E-state index in [-0.39, 0.29) is 0 Å². The molecule has 0 aromatic heterocycles. The van der Waals surface area contributed by atoms with Gasteiger partial charge in [0.25, 0.3) is 0 Å². The summed E-state index contributed by atoms with van der Waals surface area (Å²) in [6, 6.07) is 0. The minimum Gasteiger partial charge on any atom is -0.377 e. The monoisotopic (exact) mass is 189 g/mol. The molecule has 0 N–H and O–H groups in total. The zero-order valence-corrected chi connectivity index (χ0v) is 10.4. The van der Waals surface area contributed by atoms with Crippen LogP contribution >= 0.6 is 0 Å². The largest absolute Gasteiger partial charge is 0.377 e. The maximum atomic E-state index is 5.57. The van der Waals surface area contributed by atoms with Crippen molar-refractivity contribution in [1.82, 2.24) is 4.90 Å². The average Bonchev–Trinajstić information content (AvgIpc) is 2.07. The smallest absolute Gasteiger partial charge is 0.0596 e. The van der Waals surface area contributed by atoms with Crippen molar-refractivity contribution in [3.8, 4) is 0 Å². The lowest BCUT2D eigenvalue weighted by Crippen LogP contribution is -2.23. The summed E-state index contributed by atoms with van der Waals surface area (Å²) in [7, 11) is 4.12. The SMILES string of the molecule is CC.CC(C)C(C)OCCN(C)C. The van der Waals surface area contributed by atoms with Gasteiger partial charge in [-0.2, -0.15) is 0 Å². The maximum absolute atomic E-state index is 5.57. The third-order valence-electron chi connectivity index (χ3n) is 1.86. The lowest BCUT2D eigenvalue weighted by Gasteiger charge is -2.18. The third kappa shape index (κ3) is 11.9. The van der Waals surface area contributed by atoms with Crippen LogP contribution in [-0.2, 0) is 4.74 Å². The minimum atomic E-state index is 0.384. The molecule has 0 aromatic rings. The summed E-state index contributed by atoms with van der Waals surface area (Å²) in [6.45, 7) is 12.3. The van der Waals surface area contributed by atoms with Crippen LogP contribution in [0.3, 0.4) is 0 Å². The van der Waals surface area contributed by atoms with Crippen molar-refractivity contribution in [3.05, 3.63) is 0 Å². The molecule has 0 aliphatic rings. The van der Waals surface area contributed by atoms with E-state index in [1.807, 2.05) is 13.8 Å². The summed E-state index contributed by atoms with van der Waals surface area (Å²) in [4.78, 5) is 2.13. The second kappa shape index (κ2) is 10.0. The van der Waals surface area contributed by atoms with Crippen molar-refractivity contribution < 1.29 is 4.74 Å². The Morgan fingerprint density at radius 1 is 1.08 bits per heavy atom. The van der Waals surface area contributed by atoms with E-state index in [2.05, 4.69) is 39.8 Å². The summed E-state index contributed by atoms with van der Waals surface area (Å²) in [5.74, 6) is 0.622. The van der Waals surface area contributed by atoms with E-state index in [9.17, 15) is 0 Å². The van der Waals surface area contributed by atoms with Gasteiger partial charge in [-0.3, -0.25) is 0 Å². The molecule has 0 aliphatic carbocycles. The van der Waals surface area contributed by atoms with Crippen LogP contribution in [0.4, 0.5) is 0 Å². The van der Waals surface area contributed by atoms with E-state index in [4.69, 9.17) is 4.74 Å². The molecule has 0 saturated heterocycles. The number of rotatable bonds is 5. The highest BCUT2D eigenvalue weighted by atomic mass is 16.5. The first kappa shape index (κ1) is 15.4. The van der Waals surface area contributed by atoms with Gasteiger partial charge in [-0.15, -0.1) is 0 Å². The molecule has 0 saturated carbocycles. The molecule has 2 heteroatoms. The molecule has 13 heavy (non-hydrogen) atoms. The first-order valence-corrected chi connectivity index (χ1v) is 5.30. The van der Waals surface area contributed by atoms with Crippen molar-refractivity contribution in [2.75, 3.05) is 27.2 Å². The van der Waals surface area contributed by atoms with Crippen LogP contribution in [0.25, 0.3) is 0 Å². The standard InChI is InChI=1S/C9H21NO.C2H6/c1-8(2)9(3)11-7-6-10(4)5;1-2/h8-9H,6-7H2,1-5H3;1-2H3. The van der Waals surface area contributed by atoms with E-state index in [0.717, 1.165) is 13.2 Å². The van der Waals surface area contributed by atoms with Crippen LogP contribution in [-0.4, -0.2) is 38.3 Å². The highest BCUT2D eigenvalue weighted by Gasteiger charge is 2.05. The van der Waals surface area contributed by atoms with Crippen LogP contribution in [0.5, 0.6) is 0 Å². The van der Waals surface area contributed by atoms with Crippen molar-refractivity contribution in [2.45, 2.75) is 40.7 Å². The quantitative estimate of drug-likeness (QED) is 0.659. The summed E-state index contributed by atoms with van der Waals surface area (Å²) >= 11 is 0. The molecular weight excluding hydrogens is 162 g/mol. The van der Waals surface area contributed by atoms with Gasteiger partial charge in [0.15, 0.2) is 0 Å². The fourth-order valence-corrected chi connectivity index (χ4v) is 0.614. The van der Waals surface area contributed by atoms with E-state index < -0.39 is 0 Å². The van der Waals surface area contributed by atoms with Crippen LogP contribution in [0.2, 0.25) is 0 Å². The summed E-state index contributed by atoms with van der Waals surface area (Å²) in [5.41, 5.74) is 0. The first-order chi connectivity index (χ1) is 6.04. The summed E-state index contributed by atoms with van der Waals surface area (Å²) < 4.78 is 5.57. The first-order valence-electron chi connectivity index (χ1n) is 5.30. The van der Waals surface area contributed by atoms with Gasteiger partial charge in [-0.1, -0.05) is 27.7 Å². The van der Waals surface area contributed by atoms with E-state index in [1.165, 1.54) is 0 Å². The van der Waals surface area contributed by atoms with Gasteiger partial charge >= 0.3 is 0 Å². The second-order valence-electron chi connectivity index (χ2n) is 3.62. The molecule has 0 aromatic carbocycles. The molecule has 2 nitrogen and oxygen atoms in total. The molecular formula is C11H27NO. The van der Waals surface area contributed by atoms with Gasteiger partial charge in [-0.05, 0) is 26.9 Å². The maximum Gasteiger partial charge on any atom is 0.0596 e. The normalized spacial score (nSPS) is 12.7. The van der Waals surface area contributed by atoms with E-state index in [1.54, 1.807) is 0 Å². The topological polar surface area (TPSA) is 12.5 Å². The molecule has 0 aliphatic heterocycles. The lowest BCUT2D eigenvalue weighted by atomic mass is 10.1. The molecule has 1 atom stereocenters. The highest BCUT2D eigenvalue weighted by Crippen LogP contribution is 2.04. The molecule has 0 heterocycles. The van der Waals surface area contributed by atoms with Crippen molar-refractivity contribution in [1.29, 1.82) is 0 Å². The Balaban J connectivity index is 0. The minimum absolute atomic E-state index is 0.384.